The molecular weight excluding hydrogens is 264 g/mol. The van der Waals surface area contributed by atoms with Crippen molar-refractivity contribution in [3.8, 4) is 0 Å². The predicted molar refractivity (Wildman–Crippen MR) is 83.9 cm³/mol. The fourth-order valence-corrected chi connectivity index (χ4v) is 2.42. The van der Waals surface area contributed by atoms with Crippen LogP contribution >= 0.6 is 0 Å². The van der Waals surface area contributed by atoms with Gasteiger partial charge in [-0.15, -0.1) is 0 Å². The number of hydrogen-bond donors (Lipinski definition) is 3. The molecule has 2 rings (SSSR count). The van der Waals surface area contributed by atoms with E-state index in [-0.39, 0.29) is 24.1 Å². The van der Waals surface area contributed by atoms with Crippen LogP contribution in [0.15, 0.2) is 30.3 Å². The smallest absolute Gasteiger partial charge is 0.315 e. The Kier molecular flexibility index (Phi) is 5.62. The summed E-state index contributed by atoms with van der Waals surface area (Å²) in [6.07, 6.45) is 2.57. The van der Waals surface area contributed by atoms with Crippen LogP contribution in [0.25, 0.3) is 0 Å². The molecule has 0 spiro atoms. The molecule has 1 saturated carbocycles. The Morgan fingerprint density at radius 1 is 1.29 bits per heavy atom. The number of hydrogen-bond acceptors (Lipinski definition) is 2. The van der Waals surface area contributed by atoms with E-state index in [2.05, 4.69) is 22.8 Å². The van der Waals surface area contributed by atoms with Gasteiger partial charge in [0.2, 0.25) is 0 Å². The van der Waals surface area contributed by atoms with Crippen LogP contribution in [-0.4, -0.2) is 23.8 Å². The van der Waals surface area contributed by atoms with E-state index in [1.165, 1.54) is 12.8 Å². The molecule has 1 aromatic rings. The first-order chi connectivity index (χ1) is 10.1. The maximum Gasteiger partial charge on any atom is 0.315 e. The molecule has 21 heavy (non-hydrogen) atoms. The lowest BCUT2D eigenvalue weighted by molar-refractivity contribution is 0.116. The lowest BCUT2D eigenvalue weighted by atomic mass is 10.0. The molecule has 4 nitrogen and oxygen atoms in total. The minimum Gasteiger partial charge on any atom is -0.393 e. The number of urea groups is 1. The molecule has 1 aliphatic rings. The fourth-order valence-electron chi connectivity index (χ4n) is 2.42. The first kappa shape index (κ1) is 15.8. The zero-order valence-electron chi connectivity index (χ0n) is 12.9. The summed E-state index contributed by atoms with van der Waals surface area (Å²) in [5.41, 5.74) is 1.16. The van der Waals surface area contributed by atoms with Crippen molar-refractivity contribution in [2.45, 2.75) is 45.3 Å². The third-order valence-corrected chi connectivity index (χ3v) is 4.03. The Morgan fingerprint density at radius 3 is 2.52 bits per heavy atom. The van der Waals surface area contributed by atoms with Crippen LogP contribution in [0, 0.1) is 11.8 Å². The van der Waals surface area contributed by atoms with Crippen molar-refractivity contribution in [1.82, 2.24) is 10.6 Å². The van der Waals surface area contributed by atoms with Crippen molar-refractivity contribution in [2.75, 3.05) is 6.54 Å². The van der Waals surface area contributed by atoms with E-state index in [1.54, 1.807) is 0 Å². The topological polar surface area (TPSA) is 61.4 Å². The van der Waals surface area contributed by atoms with Crippen molar-refractivity contribution >= 4 is 6.03 Å². The van der Waals surface area contributed by atoms with E-state index in [9.17, 15) is 9.90 Å². The number of aliphatic hydroxyl groups excluding tert-OH is 1. The highest BCUT2D eigenvalue weighted by molar-refractivity contribution is 5.74. The van der Waals surface area contributed by atoms with Crippen LogP contribution in [0.1, 0.15) is 44.7 Å². The van der Waals surface area contributed by atoms with Gasteiger partial charge in [-0.1, -0.05) is 44.2 Å². The second kappa shape index (κ2) is 7.46. The number of rotatable bonds is 7. The Labute approximate surface area is 126 Å². The van der Waals surface area contributed by atoms with Crippen molar-refractivity contribution in [3.63, 3.8) is 0 Å². The number of carbonyl (C=O) groups is 1. The summed E-state index contributed by atoms with van der Waals surface area (Å²) in [4.78, 5) is 12.0. The van der Waals surface area contributed by atoms with Gasteiger partial charge in [-0.2, -0.15) is 0 Å². The number of nitrogens with one attached hydrogen (secondary N) is 2. The fraction of sp³-hybridized carbons (Fsp3) is 0.588. The molecule has 0 aromatic heterocycles. The van der Waals surface area contributed by atoms with Crippen LogP contribution in [0.2, 0.25) is 0 Å². The highest BCUT2D eigenvalue weighted by Gasteiger charge is 2.33. The van der Waals surface area contributed by atoms with Gasteiger partial charge in [-0.05, 0) is 36.7 Å². The van der Waals surface area contributed by atoms with Gasteiger partial charge in [0, 0.05) is 6.54 Å². The molecule has 0 aliphatic heterocycles. The number of benzene rings is 1. The van der Waals surface area contributed by atoms with E-state index < -0.39 is 0 Å². The molecule has 3 N–H and O–H groups in total. The zero-order valence-corrected chi connectivity index (χ0v) is 12.9. The summed E-state index contributed by atoms with van der Waals surface area (Å²) < 4.78 is 0. The summed E-state index contributed by atoms with van der Waals surface area (Å²) in [6.45, 7) is 4.45. The lowest BCUT2D eigenvalue weighted by Gasteiger charge is -2.20. The highest BCUT2D eigenvalue weighted by atomic mass is 16.3. The van der Waals surface area contributed by atoms with Gasteiger partial charge >= 0.3 is 6.03 Å². The van der Waals surface area contributed by atoms with Crippen molar-refractivity contribution in [2.24, 2.45) is 11.8 Å². The normalized spacial score (nSPS) is 17.3. The van der Waals surface area contributed by atoms with Crippen molar-refractivity contribution in [1.29, 1.82) is 0 Å². The second-order valence-corrected chi connectivity index (χ2v) is 6.23. The van der Waals surface area contributed by atoms with Gasteiger partial charge < -0.3 is 15.7 Å². The Bertz CT molecular complexity index is 443. The quantitative estimate of drug-likeness (QED) is 0.723. The van der Waals surface area contributed by atoms with Gasteiger partial charge in [0.05, 0.1) is 12.1 Å². The summed E-state index contributed by atoms with van der Waals surface area (Å²) in [6, 6.07) is 10.1. The van der Waals surface area contributed by atoms with E-state index in [0.29, 0.717) is 18.9 Å². The molecule has 2 unspecified atom stereocenters. The van der Waals surface area contributed by atoms with Gasteiger partial charge in [-0.3, -0.25) is 0 Å². The molecule has 2 amide bonds. The molecule has 0 heterocycles. The molecule has 2 atom stereocenters. The standard InChI is InChI=1S/C17H26N2O2/c1-12(2)15(20)10-11-18-17(21)19-16(14-8-9-14)13-6-4-3-5-7-13/h3-7,12,14-16,20H,8-11H2,1-2H3,(H2,18,19,21). The van der Waals surface area contributed by atoms with Crippen LogP contribution < -0.4 is 10.6 Å². The SMILES string of the molecule is CC(C)C(O)CCNC(=O)NC(c1ccccc1)C1CC1. The molecule has 1 fully saturated rings. The first-order valence-corrected chi connectivity index (χ1v) is 7.85. The van der Waals surface area contributed by atoms with Crippen molar-refractivity contribution < 1.29 is 9.90 Å². The van der Waals surface area contributed by atoms with Crippen LogP contribution in [-0.2, 0) is 0 Å². The number of aliphatic hydroxyl groups is 1. The largest absolute Gasteiger partial charge is 0.393 e. The van der Waals surface area contributed by atoms with Crippen LogP contribution in [0.4, 0.5) is 4.79 Å². The van der Waals surface area contributed by atoms with Gasteiger partial charge in [0.25, 0.3) is 0 Å². The third-order valence-electron chi connectivity index (χ3n) is 4.03. The molecule has 0 radical (unpaired) electrons. The van der Waals surface area contributed by atoms with E-state index >= 15 is 0 Å². The van der Waals surface area contributed by atoms with Crippen LogP contribution in [0.3, 0.4) is 0 Å². The maximum absolute atomic E-state index is 12.0. The Morgan fingerprint density at radius 2 is 1.95 bits per heavy atom. The number of amides is 2. The highest BCUT2D eigenvalue weighted by Crippen LogP contribution is 2.40. The molecule has 0 bridgehead atoms. The Hall–Kier alpha value is -1.55. The molecule has 116 valence electrons. The van der Waals surface area contributed by atoms with E-state index in [1.807, 2.05) is 32.0 Å². The summed E-state index contributed by atoms with van der Waals surface area (Å²) >= 11 is 0. The lowest BCUT2D eigenvalue weighted by Crippen LogP contribution is -2.40. The zero-order chi connectivity index (χ0) is 15.2. The summed E-state index contributed by atoms with van der Waals surface area (Å²) in [7, 11) is 0. The molecule has 1 aliphatic carbocycles. The maximum atomic E-state index is 12.0. The average molecular weight is 290 g/mol. The summed E-state index contributed by atoms with van der Waals surface area (Å²) in [5, 5.41) is 15.6. The van der Waals surface area contributed by atoms with E-state index in [4.69, 9.17) is 0 Å². The minimum absolute atomic E-state index is 0.0984. The van der Waals surface area contributed by atoms with Crippen LogP contribution in [0.5, 0.6) is 0 Å². The summed E-state index contributed by atoms with van der Waals surface area (Å²) in [5.74, 6) is 0.776. The predicted octanol–water partition coefficient (Wildman–Crippen LogP) is 2.84. The molecular formula is C17H26N2O2. The van der Waals surface area contributed by atoms with Crippen molar-refractivity contribution in [3.05, 3.63) is 35.9 Å². The molecule has 0 saturated heterocycles. The van der Waals surface area contributed by atoms with E-state index in [0.717, 1.165) is 5.56 Å². The first-order valence-electron chi connectivity index (χ1n) is 7.85. The molecule has 4 heteroatoms. The molecule has 1 aromatic carbocycles. The second-order valence-electron chi connectivity index (χ2n) is 6.23. The van der Waals surface area contributed by atoms with Gasteiger partial charge in [-0.25, -0.2) is 4.79 Å². The average Bonchev–Trinajstić information content (AvgIpc) is 3.30. The van der Waals surface area contributed by atoms with Gasteiger partial charge in [0.1, 0.15) is 0 Å². The number of carbonyl (C=O) groups excluding carboxylic acids is 1. The monoisotopic (exact) mass is 290 g/mol. The van der Waals surface area contributed by atoms with Gasteiger partial charge in [0.15, 0.2) is 0 Å². The minimum atomic E-state index is -0.362. The Balaban J connectivity index is 1.80. The third kappa shape index (κ3) is 5.05.